The third-order valence-electron chi connectivity index (χ3n) is 2.90. The van der Waals surface area contributed by atoms with Crippen LogP contribution < -0.4 is 5.32 Å². The van der Waals surface area contributed by atoms with E-state index in [1.807, 2.05) is 0 Å². The van der Waals surface area contributed by atoms with Gasteiger partial charge in [-0.1, -0.05) is 17.7 Å². The van der Waals surface area contributed by atoms with Gasteiger partial charge in [-0.3, -0.25) is 4.79 Å². The van der Waals surface area contributed by atoms with Gasteiger partial charge in [0.2, 0.25) is 0 Å². The zero-order valence-corrected chi connectivity index (χ0v) is 9.56. The number of ketones is 1. The van der Waals surface area contributed by atoms with Gasteiger partial charge in [-0.15, -0.1) is 0 Å². The molecule has 0 aliphatic carbocycles. The number of rotatable bonds is 3. The molecule has 0 amide bonds. The van der Waals surface area contributed by atoms with Crippen molar-refractivity contribution in [1.29, 1.82) is 0 Å². The summed E-state index contributed by atoms with van der Waals surface area (Å²) < 4.78 is 13.4. The molecular formula is C12H13ClFNO. The second-order valence-electron chi connectivity index (χ2n) is 4.07. The first-order chi connectivity index (χ1) is 7.66. The molecule has 4 heteroatoms. The summed E-state index contributed by atoms with van der Waals surface area (Å²) in [5.41, 5.74) is 0.432. The van der Waals surface area contributed by atoms with E-state index in [0.717, 1.165) is 13.0 Å². The van der Waals surface area contributed by atoms with Gasteiger partial charge in [-0.2, -0.15) is 0 Å². The topological polar surface area (TPSA) is 29.1 Å². The van der Waals surface area contributed by atoms with Crippen LogP contribution in [0.1, 0.15) is 12.0 Å². The average molecular weight is 242 g/mol. The quantitative estimate of drug-likeness (QED) is 0.879. The highest BCUT2D eigenvalue weighted by Crippen LogP contribution is 2.18. The van der Waals surface area contributed by atoms with Gasteiger partial charge in [0.1, 0.15) is 11.6 Å². The van der Waals surface area contributed by atoms with Crippen LogP contribution in [0.5, 0.6) is 0 Å². The summed E-state index contributed by atoms with van der Waals surface area (Å²) in [5.74, 6) is -0.256. The number of carbonyl (C=O) groups excluding carboxylic acids is 1. The molecular weight excluding hydrogens is 229 g/mol. The number of halogens is 2. The van der Waals surface area contributed by atoms with Gasteiger partial charge >= 0.3 is 0 Å². The number of hydrogen-bond donors (Lipinski definition) is 1. The zero-order chi connectivity index (χ0) is 11.5. The van der Waals surface area contributed by atoms with E-state index in [0.29, 0.717) is 17.1 Å². The second-order valence-corrected chi connectivity index (χ2v) is 4.50. The molecule has 1 aromatic carbocycles. The van der Waals surface area contributed by atoms with Gasteiger partial charge < -0.3 is 5.32 Å². The average Bonchev–Trinajstić information content (AvgIpc) is 2.75. The van der Waals surface area contributed by atoms with Gasteiger partial charge in [0.25, 0.3) is 0 Å². The fourth-order valence-electron chi connectivity index (χ4n) is 1.93. The first-order valence-corrected chi connectivity index (χ1v) is 5.72. The van der Waals surface area contributed by atoms with Gasteiger partial charge in [-0.05, 0) is 30.7 Å². The predicted molar refractivity (Wildman–Crippen MR) is 61.1 cm³/mol. The normalized spacial score (nSPS) is 20.0. The van der Waals surface area contributed by atoms with Crippen LogP contribution in [0.2, 0.25) is 5.02 Å². The molecule has 2 nitrogen and oxygen atoms in total. The molecule has 86 valence electrons. The van der Waals surface area contributed by atoms with Crippen molar-refractivity contribution in [3.8, 4) is 0 Å². The minimum atomic E-state index is -0.396. The van der Waals surface area contributed by atoms with Crippen LogP contribution in [-0.4, -0.2) is 18.9 Å². The van der Waals surface area contributed by atoms with Crippen LogP contribution in [0.3, 0.4) is 0 Å². The third kappa shape index (κ3) is 2.60. The summed E-state index contributed by atoms with van der Waals surface area (Å²) in [7, 11) is 0. The molecule has 2 rings (SSSR count). The molecule has 1 atom stereocenters. The number of benzene rings is 1. The van der Waals surface area contributed by atoms with E-state index in [2.05, 4.69) is 5.32 Å². The summed E-state index contributed by atoms with van der Waals surface area (Å²) in [4.78, 5) is 11.8. The molecule has 1 N–H and O–H groups in total. The summed E-state index contributed by atoms with van der Waals surface area (Å²) >= 11 is 5.65. The van der Waals surface area contributed by atoms with Gasteiger partial charge in [0, 0.05) is 23.9 Å². The second kappa shape index (κ2) is 4.93. The monoisotopic (exact) mass is 241 g/mol. The SMILES string of the molecule is O=C(Cc1ccc(Cl)cc1F)C1CCNC1. The van der Waals surface area contributed by atoms with Crippen molar-refractivity contribution in [2.24, 2.45) is 5.92 Å². The van der Waals surface area contributed by atoms with E-state index in [1.165, 1.54) is 6.07 Å². The highest BCUT2D eigenvalue weighted by molar-refractivity contribution is 6.30. The standard InChI is InChI=1S/C12H13ClFNO/c13-10-2-1-8(11(14)6-10)5-12(16)9-3-4-15-7-9/h1-2,6,9,15H,3-5,7H2. The van der Waals surface area contributed by atoms with Crippen LogP contribution in [0, 0.1) is 11.7 Å². The minimum absolute atomic E-state index is 0.0371. The van der Waals surface area contributed by atoms with Gasteiger partial charge in [-0.25, -0.2) is 4.39 Å². The zero-order valence-electron chi connectivity index (χ0n) is 8.80. The maximum Gasteiger partial charge on any atom is 0.141 e. The van der Waals surface area contributed by atoms with Crippen LogP contribution in [0.15, 0.2) is 18.2 Å². The summed E-state index contributed by atoms with van der Waals surface area (Å²) in [6.45, 7) is 1.59. The molecule has 1 saturated heterocycles. The Kier molecular flexibility index (Phi) is 3.56. The van der Waals surface area contributed by atoms with Crippen molar-refractivity contribution >= 4 is 17.4 Å². The Labute approximate surface area is 98.8 Å². The molecule has 1 fully saturated rings. The van der Waals surface area contributed by atoms with E-state index >= 15 is 0 Å². The number of Topliss-reactive ketones (excluding diaryl/α,β-unsaturated/α-hetero) is 1. The maximum absolute atomic E-state index is 13.4. The Morgan fingerprint density at radius 1 is 1.56 bits per heavy atom. The minimum Gasteiger partial charge on any atom is -0.316 e. The highest BCUT2D eigenvalue weighted by atomic mass is 35.5. The fraction of sp³-hybridized carbons (Fsp3) is 0.417. The Balaban J connectivity index is 2.05. The molecule has 0 radical (unpaired) electrons. The van der Waals surface area contributed by atoms with Crippen molar-refractivity contribution < 1.29 is 9.18 Å². The van der Waals surface area contributed by atoms with E-state index in [1.54, 1.807) is 12.1 Å². The Bertz CT molecular complexity index is 402. The summed E-state index contributed by atoms with van der Waals surface area (Å²) in [5, 5.41) is 3.48. The van der Waals surface area contributed by atoms with E-state index in [-0.39, 0.29) is 18.1 Å². The van der Waals surface area contributed by atoms with Crippen LogP contribution in [0.25, 0.3) is 0 Å². The lowest BCUT2D eigenvalue weighted by Crippen LogP contribution is -2.19. The predicted octanol–water partition coefficient (Wildman–Crippen LogP) is 2.20. The molecule has 1 heterocycles. The van der Waals surface area contributed by atoms with Crippen LogP contribution in [-0.2, 0) is 11.2 Å². The molecule has 16 heavy (non-hydrogen) atoms. The van der Waals surface area contributed by atoms with Crippen LogP contribution in [0.4, 0.5) is 4.39 Å². The van der Waals surface area contributed by atoms with Crippen molar-refractivity contribution in [2.45, 2.75) is 12.8 Å². The fourth-order valence-corrected chi connectivity index (χ4v) is 2.09. The van der Waals surface area contributed by atoms with Crippen molar-refractivity contribution in [1.82, 2.24) is 5.32 Å². The highest BCUT2D eigenvalue weighted by Gasteiger charge is 2.23. The van der Waals surface area contributed by atoms with E-state index in [9.17, 15) is 9.18 Å². The summed E-state index contributed by atoms with van der Waals surface area (Å²) in [6, 6.07) is 4.44. The van der Waals surface area contributed by atoms with Crippen molar-refractivity contribution in [2.75, 3.05) is 13.1 Å². The molecule has 1 aromatic rings. The smallest absolute Gasteiger partial charge is 0.141 e. The Morgan fingerprint density at radius 2 is 2.38 bits per heavy atom. The summed E-state index contributed by atoms with van der Waals surface area (Å²) in [6.07, 6.45) is 1.02. The molecule has 1 unspecified atom stereocenters. The largest absolute Gasteiger partial charge is 0.316 e. The molecule has 1 aliphatic heterocycles. The third-order valence-corrected chi connectivity index (χ3v) is 3.13. The van der Waals surface area contributed by atoms with Crippen molar-refractivity contribution in [3.63, 3.8) is 0 Å². The van der Waals surface area contributed by atoms with E-state index in [4.69, 9.17) is 11.6 Å². The van der Waals surface area contributed by atoms with Crippen LogP contribution >= 0.6 is 11.6 Å². The number of hydrogen-bond acceptors (Lipinski definition) is 2. The Hall–Kier alpha value is -0.930. The number of nitrogens with one attached hydrogen (secondary N) is 1. The Morgan fingerprint density at radius 3 is 3.00 bits per heavy atom. The first kappa shape index (κ1) is 11.6. The number of carbonyl (C=O) groups is 1. The maximum atomic E-state index is 13.4. The molecule has 0 bridgehead atoms. The first-order valence-electron chi connectivity index (χ1n) is 5.34. The molecule has 0 spiro atoms. The van der Waals surface area contributed by atoms with Crippen molar-refractivity contribution in [3.05, 3.63) is 34.6 Å². The van der Waals surface area contributed by atoms with E-state index < -0.39 is 5.82 Å². The molecule has 0 aromatic heterocycles. The van der Waals surface area contributed by atoms with Gasteiger partial charge in [0.15, 0.2) is 0 Å². The lowest BCUT2D eigenvalue weighted by Gasteiger charge is -2.08. The molecule has 0 saturated carbocycles. The lowest BCUT2D eigenvalue weighted by molar-refractivity contribution is -0.121. The molecule has 1 aliphatic rings. The lowest BCUT2D eigenvalue weighted by atomic mass is 9.97. The van der Waals surface area contributed by atoms with Gasteiger partial charge in [0.05, 0.1) is 0 Å².